The van der Waals surface area contributed by atoms with Crippen LogP contribution in [0.25, 0.3) is 17.1 Å². The van der Waals surface area contributed by atoms with Crippen molar-refractivity contribution >= 4 is 33.5 Å². The van der Waals surface area contributed by atoms with E-state index in [0.717, 1.165) is 11.3 Å². The smallest absolute Gasteiger partial charge is 0.357 e. The van der Waals surface area contributed by atoms with Gasteiger partial charge in [-0.25, -0.2) is 9.78 Å². The lowest BCUT2D eigenvalue weighted by atomic mass is 10.2. The first-order chi connectivity index (χ1) is 11.0. The first-order valence-corrected chi connectivity index (χ1v) is 7.84. The van der Waals surface area contributed by atoms with Crippen LogP contribution < -0.4 is 0 Å². The molecule has 0 atom stereocenters. The van der Waals surface area contributed by atoms with Gasteiger partial charge >= 0.3 is 5.97 Å². The molecule has 0 fully saturated rings. The number of carbonyl (C=O) groups is 1. The largest absolute Gasteiger partial charge is 0.476 e. The summed E-state index contributed by atoms with van der Waals surface area (Å²) in [7, 11) is 0. The van der Waals surface area contributed by atoms with Gasteiger partial charge in [0.05, 0.1) is 5.69 Å². The fourth-order valence-corrected chi connectivity index (χ4v) is 3.05. The molecule has 0 radical (unpaired) electrons. The summed E-state index contributed by atoms with van der Waals surface area (Å²) >= 11 is 9.46. The first-order valence-electron chi connectivity index (χ1n) is 6.67. The number of carboxylic acid groups (broad SMARTS) is 1. The van der Waals surface area contributed by atoms with E-state index in [9.17, 15) is 9.90 Å². The van der Waals surface area contributed by atoms with E-state index in [1.807, 2.05) is 19.1 Å². The van der Waals surface area contributed by atoms with Gasteiger partial charge < -0.3 is 5.11 Å². The zero-order chi connectivity index (χ0) is 16.6. The summed E-state index contributed by atoms with van der Waals surface area (Å²) in [6.45, 7) is 1.92. The quantitative estimate of drug-likeness (QED) is 0.719. The number of aromatic nitrogens is 3. The fraction of sp³-hybridized carbons (Fsp3) is 0.0625. The molecule has 23 heavy (non-hydrogen) atoms. The Morgan fingerprint density at radius 1 is 1.35 bits per heavy atom. The zero-order valence-corrected chi connectivity index (χ0v) is 14.3. The van der Waals surface area contributed by atoms with Crippen LogP contribution in [-0.4, -0.2) is 25.6 Å². The Morgan fingerprint density at radius 2 is 2.13 bits per heavy atom. The second-order valence-electron chi connectivity index (χ2n) is 4.89. The molecule has 0 unspecified atom stereocenters. The van der Waals surface area contributed by atoms with Gasteiger partial charge in [0.1, 0.15) is 10.4 Å². The standard InChI is InChI=1S/C16H11BrClN3O2/c1-9-4-5-11(18)7-12(9)21-14(17)13(16(22)23)20-15(21)10-3-2-6-19-8-10/h2-8H,1H3,(H,22,23). The van der Waals surface area contributed by atoms with E-state index in [0.29, 0.717) is 21.0 Å². The minimum absolute atomic E-state index is 0.0665. The van der Waals surface area contributed by atoms with Crippen molar-refractivity contribution in [2.24, 2.45) is 0 Å². The Hall–Kier alpha value is -2.18. The number of pyridine rings is 1. The Morgan fingerprint density at radius 3 is 2.78 bits per heavy atom. The molecule has 5 nitrogen and oxygen atoms in total. The maximum Gasteiger partial charge on any atom is 0.357 e. The third-order valence-corrected chi connectivity index (χ3v) is 4.32. The molecule has 116 valence electrons. The van der Waals surface area contributed by atoms with E-state index < -0.39 is 5.97 Å². The minimum Gasteiger partial charge on any atom is -0.476 e. The molecular formula is C16H11BrClN3O2. The van der Waals surface area contributed by atoms with Crippen LogP contribution >= 0.6 is 27.5 Å². The summed E-state index contributed by atoms with van der Waals surface area (Å²) in [4.78, 5) is 19.8. The number of aromatic carboxylic acids is 1. The lowest BCUT2D eigenvalue weighted by molar-refractivity contribution is 0.0690. The van der Waals surface area contributed by atoms with Gasteiger partial charge in [0.25, 0.3) is 0 Å². The predicted octanol–water partition coefficient (Wildman–Crippen LogP) is 4.36. The molecule has 7 heteroatoms. The van der Waals surface area contributed by atoms with Gasteiger partial charge in [-0.3, -0.25) is 9.55 Å². The van der Waals surface area contributed by atoms with Gasteiger partial charge in [0.2, 0.25) is 0 Å². The summed E-state index contributed by atoms with van der Waals surface area (Å²) in [5.74, 6) is -0.631. The lowest BCUT2D eigenvalue weighted by Gasteiger charge is -2.12. The summed E-state index contributed by atoms with van der Waals surface area (Å²) < 4.78 is 2.08. The van der Waals surface area contributed by atoms with Crippen LogP contribution in [0.2, 0.25) is 5.02 Å². The lowest BCUT2D eigenvalue weighted by Crippen LogP contribution is -2.01. The third-order valence-electron chi connectivity index (χ3n) is 3.36. The van der Waals surface area contributed by atoms with Crippen molar-refractivity contribution in [1.29, 1.82) is 0 Å². The molecule has 1 aromatic carbocycles. The number of aryl methyl sites for hydroxylation is 1. The van der Waals surface area contributed by atoms with Crippen molar-refractivity contribution in [2.45, 2.75) is 6.92 Å². The minimum atomic E-state index is -1.11. The number of imidazole rings is 1. The molecule has 3 rings (SSSR count). The molecule has 3 aromatic rings. The van der Waals surface area contributed by atoms with Crippen LogP contribution in [0, 0.1) is 6.92 Å². The topological polar surface area (TPSA) is 68.0 Å². The first kappa shape index (κ1) is 15.7. The Balaban J connectivity index is 2.35. The molecule has 0 amide bonds. The van der Waals surface area contributed by atoms with E-state index in [2.05, 4.69) is 25.9 Å². The number of halogens is 2. The molecular weight excluding hydrogens is 382 g/mol. The van der Waals surface area contributed by atoms with Crippen LogP contribution in [0.1, 0.15) is 16.1 Å². The third kappa shape index (κ3) is 2.87. The van der Waals surface area contributed by atoms with Crippen LogP contribution in [-0.2, 0) is 0 Å². The molecule has 0 aliphatic heterocycles. The van der Waals surface area contributed by atoms with E-state index in [-0.39, 0.29) is 5.69 Å². The maximum absolute atomic E-state index is 11.5. The van der Waals surface area contributed by atoms with E-state index >= 15 is 0 Å². The summed E-state index contributed by atoms with van der Waals surface area (Å²) in [5, 5.41) is 9.93. The number of rotatable bonds is 3. The molecule has 1 N–H and O–H groups in total. The zero-order valence-electron chi connectivity index (χ0n) is 12.0. The summed E-state index contributed by atoms with van der Waals surface area (Å²) in [5.41, 5.74) is 2.33. The molecule has 0 aliphatic rings. The van der Waals surface area contributed by atoms with Gasteiger partial charge in [0, 0.05) is 23.0 Å². The molecule has 2 heterocycles. The van der Waals surface area contributed by atoms with Crippen molar-refractivity contribution in [3.63, 3.8) is 0 Å². The van der Waals surface area contributed by atoms with Gasteiger partial charge in [-0.2, -0.15) is 0 Å². The number of carboxylic acids is 1. The average molecular weight is 393 g/mol. The maximum atomic E-state index is 11.5. The molecule has 0 saturated carbocycles. The summed E-state index contributed by atoms with van der Waals surface area (Å²) in [6, 6.07) is 9.02. The van der Waals surface area contributed by atoms with E-state index in [4.69, 9.17) is 11.6 Å². The number of nitrogens with zero attached hydrogens (tertiary/aromatic N) is 3. The van der Waals surface area contributed by atoms with Crippen molar-refractivity contribution in [3.05, 3.63) is 63.6 Å². The molecule has 0 spiro atoms. The highest BCUT2D eigenvalue weighted by molar-refractivity contribution is 9.10. The van der Waals surface area contributed by atoms with Crippen molar-refractivity contribution < 1.29 is 9.90 Å². The van der Waals surface area contributed by atoms with Crippen molar-refractivity contribution in [2.75, 3.05) is 0 Å². The van der Waals surface area contributed by atoms with Crippen LogP contribution in [0.15, 0.2) is 47.3 Å². The number of hydrogen-bond donors (Lipinski definition) is 1. The van der Waals surface area contributed by atoms with E-state index in [1.54, 1.807) is 35.2 Å². The monoisotopic (exact) mass is 391 g/mol. The molecule has 2 aromatic heterocycles. The Kier molecular flexibility index (Phi) is 4.19. The molecule has 0 aliphatic carbocycles. The van der Waals surface area contributed by atoms with Gasteiger partial charge in [-0.05, 0) is 52.7 Å². The SMILES string of the molecule is Cc1ccc(Cl)cc1-n1c(-c2cccnc2)nc(C(=O)O)c1Br. The average Bonchev–Trinajstić information content (AvgIpc) is 2.88. The van der Waals surface area contributed by atoms with Gasteiger partial charge in [-0.1, -0.05) is 17.7 Å². The number of benzene rings is 1. The molecule has 0 bridgehead atoms. The van der Waals surface area contributed by atoms with Crippen LogP contribution in [0.3, 0.4) is 0 Å². The highest BCUT2D eigenvalue weighted by Gasteiger charge is 2.23. The van der Waals surface area contributed by atoms with Crippen molar-refractivity contribution in [3.8, 4) is 17.1 Å². The van der Waals surface area contributed by atoms with Gasteiger partial charge in [-0.15, -0.1) is 0 Å². The van der Waals surface area contributed by atoms with Crippen LogP contribution in [0.5, 0.6) is 0 Å². The second-order valence-corrected chi connectivity index (χ2v) is 6.08. The Bertz CT molecular complexity index is 894. The molecule has 0 saturated heterocycles. The van der Waals surface area contributed by atoms with Gasteiger partial charge in [0.15, 0.2) is 5.69 Å². The second kappa shape index (κ2) is 6.14. The van der Waals surface area contributed by atoms with E-state index in [1.165, 1.54) is 0 Å². The van der Waals surface area contributed by atoms with Crippen LogP contribution in [0.4, 0.5) is 0 Å². The summed E-state index contributed by atoms with van der Waals surface area (Å²) in [6.07, 6.45) is 3.28. The number of hydrogen-bond acceptors (Lipinski definition) is 3. The normalized spacial score (nSPS) is 10.7. The fourth-order valence-electron chi connectivity index (χ4n) is 2.27. The highest BCUT2D eigenvalue weighted by atomic mass is 79.9. The Labute approximate surface area is 145 Å². The van der Waals surface area contributed by atoms with Crippen molar-refractivity contribution in [1.82, 2.24) is 14.5 Å². The predicted molar refractivity (Wildman–Crippen MR) is 91.2 cm³/mol. The highest BCUT2D eigenvalue weighted by Crippen LogP contribution is 2.32.